The highest BCUT2D eigenvalue weighted by Gasteiger charge is 2.20. The fourth-order valence-electron chi connectivity index (χ4n) is 1.86. The third-order valence-electron chi connectivity index (χ3n) is 2.80. The van der Waals surface area contributed by atoms with Crippen molar-refractivity contribution in [2.45, 2.75) is 19.9 Å². The van der Waals surface area contributed by atoms with Crippen LogP contribution < -0.4 is 0 Å². The molecule has 0 saturated heterocycles. The molecule has 1 atom stereocenters. The van der Waals surface area contributed by atoms with Crippen LogP contribution in [0.4, 0.5) is 0 Å². The Labute approximate surface area is 122 Å². The van der Waals surface area contributed by atoms with Crippen LogP contribution in [0.15, 0.2) is 17.5 Å². The lowest BCUT2D eigenvalue weighted by Crippen LogP contribution is -2.40. The first-order valence-corrected chi connectivity index (χ1v) is 7.17. The van der Waals surface area contributed by atoms with Gasteiger partial charge in [0.1, 0.15) is 0 Å². The summed E-state index contributed by atoms with van der Waals surface area (Å²) in [7, 11) is 1.61. The Morgan fingerprint density at radius 1 is 1.55 bits per heavy atom. The number of carboxylic acid groups (broad SMARTS) is 1. The molecule has 20 heavy (non-hydrogen) atoms. The van der Waals surface area contributed by atoms with E-state index in [2.05, 4.69) is 0 Å². The van der Waals surface area contributed by atoms with Gasteiger partial charge in [0.05, 0.1) is 18.2 Å². The monoisotopic (exact) mass is 297 g/mol. The molecule has 1 heterocycles. The van der Waals surface area contributed by atoms with E-state index in [4.69, 9.17) is 9.84 Å². The smallest absolute Gasteiger partial charge is 0.328 e. The van der Waals surface area contributed by atoms with E-state index in [9.17, 15) is 9.59 Å². The fourth-order valence-corrected chi connectivity index (χ4v) is 2.63. The standard InChI is InChI=1S/C14H19NO4S/c1-4-15(10(2)8-19-3)14(18)11-7-12(20-9-11)5-6-13(16)17/h5-7,9-10H,4,8H2,1-3H3,(H,16,17). The first-order valence-electron chi connectivity index (χ1n) is 6.29. The number of rotatable bonds is 7. The van der Waals surface area contributed by atoms with Crippen molar-refractivity contribution in [2.24, 2.45) is 0 Å². The summed E-state index contributed by atoms with van der Waals surface area (Å²) in [5, 5.41) is 10.3. The highest BCUT2D eigenvalue weighted by atomic mass is 32.1. The lowest BCUT2D eigenvalue weighted by molar-refractivity contribution is -0.131. The zero-order valence-corrected chi connectivity index (χ0v) is 12.6. The third kappa shape index (κ3) is 4.47. The van der Waals surface area contributed by atoms with Crippen LogP contribution in [0.2, 0.25) is 0 Å². The summed E-state index contributed by atoms with van der Waals surface area (Å²) in [4.78, 5) is 25.3. The number of carbonyl (C=O) groups is 2. The molecule has 1 N–H and O–H groups in total. The van der Waals surface area contributed by atoms with Crippen molar-refractivity contribution in [2.75, 3.05) is 20.3 Å². The van der Waals surface area contributed by atoms with Crippen LogP contribution in [-0.4, -0.2) is 48.2 Å². The number of likely N-dealkylation sites (N-methyl/N-ethyl adjacent to an activating group) is 1. The molecule has 1 unspecified atom stereocenters. The van der Waals surface area contributed by atoms with Gasteiger partial charge >= 0.3 is 5.97 Å². The van der Waals surface area contributed by atoms with Gasteiger partial charge in [-0.3, -0.25) is 4.79 Å². The van der Waals surface area contributed by atoms with Crippen molar-refractivity contribution >= 4 is 29.3 Å². The van der Waals surface area contributed by atoms with Gasteiger partial charge in [-0.1, -0.05) is 0 Å². The number of hydrogen-bond acceptors (Lipinski definition) is 4. The van der Waals surface area contributed by atoms with Crippen LogP contribution in [0.5, 0.6) is 0 Å². The predicted molar refractivity (Wildman–Crippen MR) is 79.0 cm³/mol. The molecule has 6 heteroatoms. The second kappa shape index (κ2) is 7.81. The maximum atomic E-state index is 12.4. The number of amides is 1. The van der Waals surface area contributed by atoms with Gasteiger partial charge in [0.2, 0.25) is 0 Å². The molecule has 1 aromatic heterocycles. The van der Waals surface area contributed by atoms with E-state index in [1.807, 2.05) is 13.8 Å². The molecule has 0 fully saturated rings. The molecule has 0 aromatic carbocycles. The van der Waals surface area contributed by atoms with Crippen LogP contribution in [0.1, 0.15) is 29.1 Å². The number of thiophene rings is 1. The third-order valence-corrected chi connectivity index (χ3v) is 3.70. The predicted octanol–water partition coefficient (Wildman–Crippen LogP) is 2.34. The highest BCUT2D eigenvalue weighted by Crippen LogP contribution is 2.19. The lowest BCUT2D eigenvalue weighted by Gasteiger charge is -2.27. The maximum Gasteiger partial charge on any atom is 0.328 e. The summed E-state index contributed by atoms with van der Waals surface area (Å²) >= 11 is 1.34. The van der Waals surface area contributed by atoms with Crippen molar-refractivity contribution in [3.05, 3.63) is 28.0 Å². The minimum Gasteiger partial charge on any atom is -0.478 e. The minimum absolute atomic E-state index is 0.00425. The molecule has 5 nitrogen and oxygen atoms in total. The number of ether oxygens (including phenoxy) is 1. The second-order valence-corrected chi connectivity index (χ2v) is 5.25. The fraction of sp³-hybridized carbons (Fsp3) is 0.429. The summed E-state index contributed by atoms with van der Waals surface area (Å²) in [5.74, 6) is -1.07. The quantitative estimate of drug-likeness (QED) is 0.784. The van der Waals surface area contributed by atoms with Crippen LogP contribution in [0.25, 0.3) is 6.08 Å². The Morgan fingerprint density at radius 3 is 2.80 bits per heavy atom. The van der Waals surface area contributed by atoms with E-state index in [0.29, 0.717) is 18.7 Å². The Morgan fingerprint density at radius 2 is 2.25 bits per heavy atom. The summed E-state index contributed by atoms with van der Waals surface area (Å²) in [6.07, 6.45) is 2.55. The summed E-state index contributed by atoms with van der Waals surface area (Å²) in [5.41, 5.74) is 0.574. The molecule has 1 rings (SSSR count). The zero-order chi connectivity index (χ0) is 15.1. The Kier molecular flexibility index (Phi) is 6.41. The van der Waals surface area contributed by atoms with Crippen molar-refractivity contribution in [3.8, 4) is 0 Å². The van der Waals surface area contributed by atoms with Gasteiger partial charge in [-0.25, -0.2) is 4.79 Å². The van der Waals surface area contributed by atoms with E-state index in [0.717, 1.165) is 11.0 Å². The molecule has 0 aliphatic rings. The molecular formula is C14H19NO4S. The van der Waals surface area contributed by atoms with Crippen LogP contribution in [-0.2, 0) is 9.53 Å². The summed E-state index contributed by atoms with van der Waals surface area (Å²) in [6, 6.07) is 1.70. The molecule has 1 amide bonds. The van der Waals surface area contributed by atoms with E-state index in [1.54, 1.807) is 23.5 Å². The topological polar surface area (TPSA) is 66.8 Å². The number of aliphatic carboxylic acids is 1. The summed E-state index contributed by atoms with van der Waals surface area (Å²) < 4.78 is 5.07. The number of carbonyl (C=O) groups excluding carboxylic acids is 1. The number of carboxylic acids is 1. The van der Waals surface area contributed by atoms with Crippen molar-refractivity contribution in [3.63, 3.8) is 0 Å². The molecule has 0 aliphatic heterocycles. The first kappa shape index (κ1) is 16.4. The first-order chi connectivity index (χ1) is 9.49. The second-order valence-electron chi connectivity index (χ2n) is 4.30. The molecule has 0 bridgehead atoms. The van der Waals surface area contributed by atoms with Crippen molar-refractivity contribution < 1.29 is 19.4 Å². The number of methoxy groups -OCH3 is 1. The minimum atomic E-state index is -1.00. The van der Waals surface area contributed by atoms with Crippen LogP contribution >= 0.6 is 11.3 Å². The highest BCUT2D eigenvalue weighted by molar-refractivity contribution is 7.11. The zero-order valence-electron chi connectivity index (χ0n) is 11.8. The van der Waals surface area contributed by atoms with Gasteiger partial charge in [-0.15, -0.1) is 11.3 Å². The summed E-state index contributed by atoms with van der Waals surface area (Å²) in [6.45, 7) is 4.93. The molecular weight excluding hydrogens is 278 g/mol. The molecule has 0 radical (unpaired) electrons. The van der Waals surface area contributed by atoms with Crippen molar-refractivity contribution in [1.29, 1.82) is 0 Å². The SMILES string of the molecule is CCN(C(=O)c1csc(C=CC(=O)O)c1)C(C)COC. The van der Waals surface area contributed by atoms with Crippen molar-refractivity contribution in [1.82, 2.24) is 4.90 Å². The molecule has 110 valence electrons. The van der Waals surface area contributed by atoms with Gasteiger partial charge in [0, 0.05) is 30.0 Å². The van der Waals surface area contributed by atoms with Crippen LogP contribution in [0, 0.1) is 0 Å². The number of hydrogen-bond donors (Lipinski definition) is 1. The maximum absolute atomic E-state index is 12.4. The van der Waals surface area contributed by atoms with Gasteiger partial charge in [-0.05, 0) is 26.0 Å². The number of nitrogens with zero attached hydrogens (tertiary/aromatic N) is 1. The molecule has 0 spiro atoms. The molecule has 0 aliphatic carbocycles. The Bertz CT molecular complexity index is 495. The van der Waals surface area contributed by atoms with E-state index in [1.165, 1.54) is 17.4 Å². The van der Waals surface area contributed by atoms with Gasteiger partial charge < -0.3 is 14.7 Å². The van der Waals surface area contributed by atoms with Gasteiger partial charge in [0.15, 0.2) is 0 Å². The average Bonchev–Trinajstić information content (AvgIpc) is 2.86. The Balaban J connectivity index is 2.83. The average molecular weight is 297 g/mol. The van der Waals surface area contributed by atoms with Gasteiger partial charge in [-0.2, -0.15) is 0 Å². The largest absolute Gasteiger partial charge is 0.478 e. The van der Waals surface area contributed by atoms with E-state index < -0.39 is 5.97 Å². The normalized spacial score (nSPS) is 12.6. The van der Waals surface area contributed by atoms with Gasteiger partial charge in [0.25, 0.3) is 5.91 Å². The van der Waals surface area contributed by atoms with Crippen LogP contribution in [0.3, 0.4) is 0 Å². The molecule has 1 aromatic rings. The Hall–Kier alpha value is -1.66. The lowest BCUT2D eigenvalue weighted by atomic mass is 10.2. The van der Waals surface area contributed by atoms with E-state index in [-0.39, 0.29) is 11.9 Å². The van der Waals surface area contributed by atoms with E-state index >= 15 is 0 Å². The molecule has 0 saturated carbocycles.